The molecule has 1 spiro atoms. The number of aromatic nitrogens is 1. The molecule has 0 saturated carbocycles. The van der Waals surface area contributed by atoms with E-state index in [1.165, 1.54) is 12.1 Å². The largest absolute Gasteiger partial charge is 0.362 e. The van der Waals surface area contributed by atoms with Crippen LogP contribution in [0.3, 0.4) is 0 Å². The molecule has 0 N–H and O–H groups in total. The van der Waals surface area contributed by atoms with Gasteiger partial charge in [-0.15, -0.1) is 0 Å². The standard InChI is InChI=1S/C19H20FN3O2/c20-15-4-3-6-17(10-15)23-14-19(25-12-18(23)24)7-9-22(13-19)11-16-5-1-2-8-21-16/h1-6,8,10H,7,9,11-14H2. The Morgan fingerprint density at radius 2 is 2.12 bits per heavy atom. The first kappa shape index (κ1) is 16.2. The van der Waals surface area contributed by atoms with E-state index in [1.54, 1.807) is 23.2 Å². The number of carbonyl (C=O) groups excluding carboxylic acids is 1. The minimum absolute atomic E-state index is 0.0357. The second-order valence-electron chi connectivity index (χ2n) is 6.71. The van der Waals surface area contributed by atoms with Gasteiger partial charge in [0, 0.05) is 31.5 Å². The van der Waals surface area contributed by atoms with Gasteiger partial charge in [0.2, 0.25) is 0 Å². The number of pyridine rings is 1. The third-order valence-corrected chi connectivity index (χ3v) is 4.88. The number of hydrogen-bond donors (Lipinski definition) is 0. The molecule has 1 amide bonds. The Hall–Kier alpha value is -2.31. The van der Waals surface area contributed by atoms with E-state index in [-0.39, 0.29) is 18.3 Å². The van der Waals surface area contributed by atoms with Gasteiger partial charge >= 0.3 is 0 Å². The number of halogens is 1. The normalized spacial score (nSPS) is 24.2. The first-order chi connectivity index (χ1) is 12.1. The summed E-state index contributed by atoms with van der Waals surface area (Å²) in [6, 6.07) is 12.1. The lowest BCUT2D eigenvalue weighted by Crippen LogP contribution is -2.56. The first-order valence-electron chi connectivity index (χ1n) is 8.46. The molecule has 2 saturated heterocycles. The molecular weight excluding hydrogens is 321 g/mol. The van der Waals surface area contributed by atoms with Crippen LogP contribution < -0.4 is 4.90 Å². The van der Waals surface area contributed by atoms with Crippen molar-refractivity contribution in [1.29, 1.82) is 0 Å². The van der Waals surface area contributed by atoms with Gasteiger partial charge in [0.15, 0.2) is 0 Å². The molecule has 0 aliphatic carbocycles. The van der Waals surface area contributed by atoms with Crippen LogP contribution in [0.15, 0.2) is 48.7 Å². The zero-order chi connectivity index (χ0) is 17.3. The molecule has 130 valence electrons. The summed E-state index contributed by atoms with van der Waals surface area (Å²) >= 11 is 0. The number of morpholine rings is 1. The lowest BCUT2D eigenvalue weighted by Gasteiger charge is -2.40. The highest BCUT2D eigenvalue weighted by atomic mass is 19.1. The average molecular weight is 341 g/mol. The Balaban J connectivity index is 1.48. The molecule has 0 bridgehead atoms. The Morgan fingerprint density at radius 3 is 2.92 bits per heavy atom. The number of ether oxygens (including phenoxy) is 1. The molecule has 5 nitrogen and oxygen atoms in total. The van der Waals surface area contributed by atoms with Crippen molar-refractivity contribution in [2.75, 3.05) is 31.1 Å². The predicted octanol–water partition coefficient (Wildman–Crippen LogP) is 2.23. The molecule has 25 heavy (non-hydrogen) atoms. The molecule has 2 aliphatic heterocycles. The number of benzene rings is 1. The van der Waals surface area contributed by atoms with E-state index in [0.29, 0.717) is 12.2 Å². The van der Waals surface area contributed by atoms with Gasteiger partial charge < -0.3 is 9.64 Å². The summed E-state index contributed by atoms with van der Waals surface area (Å²) in [4.78, 5) is 20.6. The van der Waals surface area contributed by atoms with E-state index in [9.17, 15) is 9.18 Å². The van der Waals surface area contributed by atoms with Crippen LogP contribution in [0.5, 0.6) is 0 Å². The van der Waals surface area contributed by atoms with Gasteiger partial charge in [0.05, 0.1) is 12.2 Å². The Labute approximate surface area is 146 Å². The highest BCUT2D eigenvalue weighted by molar-refractivity contribution is 5.95. The van der Waals surface area contributed by atoms with Gasteiger partial charge in [-0.3, -0.25) is 14.7 Å². The van der Waals surface area contributed by atoms with Gasteiger partial charge in [-0.2, -0.15) is 0 Å². The van der Waals surface area contributed by atoms with Crippen molar-refractivity contribution in [2.45, 2.75) is 18.6 Å². The van der Waals surface area contributed by atoms with Gasteiger partial charge in [-0.05, 0) is 36.8 Å². The second kappa shape index (κ2) is 6.54. The molecule has 6 heteroatoms. The minimum atomic E-state index is -0.394. The molecular formula is C19H20FN3O2. The summed E-state index contributed by atoms with van der Waals surface area (Å²) in [6.07, 6.45) is 2.64. The first-order valence-corrected chi connectivity index (χ1v) is 8.46. The van der Waals surface area contributed by atoms with Crippen molar-refractivity contribution < 1.29 is 13.9 Å². The quantitative estimate of drug-likeness (QED) is 0.859. The van der Waals surface area contributed by atoms with Gasteiger partial charge in [0.1, 0.15) is 18.0 Å². The smallest absolute Gasteiger partial charge is 0.253 e. The van der Waals surface area contributed by atoms with Crippen molar-refractivity contribution >= 4 is 11.6 Å². The van der Waals surface area contributed by atoms with Crippen molar-refractivity contribution in [3.05, 3.63) is 60.2 Å². The number of rotatable bonds is 3. The number of carbonyl (C=O) groups is 1. The van der Waals surface area contributed by atoms with Gasteiger partial charge in [0.25, 0.3) is 5.91 Å². The fourth-order valence-electron chi connectivity index (χ4n) is 3.62. The molecule has 1 unspecified atom stereocenters. The van der Waals surface area contributed by atoms with Crippen LogP contribution in [-0.4, -0.2) is 47.6 Å². The topological polar surface area (TPSA) is 45.7 Å². The third-order valence-electron chi connectivity index (χ3n) is 4.88. The molecule has 1 aromatic heterocycles. The predicted molar refractivity (Wildman–Crippen MR) is 91.6 cm³/mol. The number of anilines is 1. The van der Waals surface area contributed by atoms with Gasteiger partial charge in [-0.1, -0.05) is 12.1 Å². The second-order valence-corrected chi connectivity index (χ2v) is 6.71. The van der Waals surface area contributed by atoms with Crippen molar-refractivity contribution in [2.24, 2.45) is 0 Å². The zero-order valence-electron chi connectivity index (χ0n) is 13.9. The molecule has 2 aromatic rings. The summed E-state index contributed by atoms with van der Waals surface area (Å²) in [5.41, 5.74) is 1.22. The van der Waals surface area contributed by atoms with Crippen LogP contribution in [0.1, 0.15) is 12.1 Å². The van der Waals surface area contributed by atoms with E-state index in [2.05, 4.69) is 9.88 Å². The molecule has 2 fully saturated rings. The monoisotopic (exact) mass is 341 g/mol. The van der Waals surface area contributed by atoms with E-state index < -0.39 is 5.60 Å². The molecule has 4 rings (SSSR count). The van der Waals surface area contributed by atoms with Crippen LogP contribution in [0.4, 0.5) is 10.1 Å². The fraction of sp³-hybridized carbons (Fsp3) is 0.368. The molecule has 1 atom stereocenters. The number of nitrogens with zero attached hydrogens (tertiary/aromatic N) is 3. The van der Waals surface area contributed by atoms with E-state index in [4.69, 9.17) is 4.74 Å². The third kappa shape index (κ3) is 3.41. The Bertz CT molecular complexity index is 770. The van der Waals surface area contributed by atoms with Crippen LogP contribution in [0, 0.1) is 5.82 Å². The van der Waals surface area contributed by atoms with E-state index >= 15 is 0 Å². The van der Waals surface area contributed by atoms with Gasteiger partial charge in [-0.25, -0.2) is 4.39 Å². The number of likely N-dealkylation sites (tertiary alicyclic amines) is 1. The molecule has 2 aliphatic rings. The molecule has 1 aromatic carbocycles. The maximum Gasteiger partial charge on any atom is 0.253 e. The zero-order valence-corrected chi connectivity index (χ0v) is 13.9. The number of hydrogen-bond acceptors (Lipinski definition) is 4. The Morgan fingerprint density at radius 1 is 1.20 bits per heavy atom. The van der Waals surface area contributed by atoms with Crippen LogP contribution in [0.2, 0.25) is 0 Å². The minimum Gasteiger partial charge on any atom is -0.362 e. The highest BCUT2D eigenvalue weighted by Gasteiger charge is 2.45. The maximum atomic E-state index is 13.5. The lowest BCUT2D eigenvalue weighted by atomic mass is 10.00. The molecule has 3 heterocycles. The summed E-state index contributed by atoms with van der Waals surface area (Å²) in [7, 11) is 0. The van der Waals surface area contributed by atoms with Crippen molar-refractivity contribution in [3.8, 4) is 0 Å². The summed E-state index contributed by atoms with van der Waals surface area (Å²) in [5.74, 6) is -0.464. The summed E-state index contributed by atoms with van der Waals surface area (Å²) < 4.78 is 19.5. The SMILES string of the molecule is O=C1COC2(CCN(Cc3ccccn3)C2)CN1c1cccc(F)c1. The maximum absolute atomic E-state index is 13.5. The van der Waals surface area contributed by atoms with Crippen LogP contribution >= 0.6 is 0 Å². The Kier molecular flexibility index (Phi) is 4.23. The fourth-order valence-corrected chi connectivity index (χ4v) is 3.62. The van der Waals surface area contributed by atoms with Crippen LogP contribution in [0.25, 0.3) is 0 Å². The summed E-state index contributed by atoms with van der Waals surface area (Å²) in [6.45, 7) is 2.88. The van der Waals surface area contributed by atoms with Crippen LogP contribution in [-0.2, 0) is 16.1 Å². The molecule has 0 radical (unpaired) electrons. The summed E-state index contributed by atoms with van der Waals surface area (Å²) in [5, 5.41) is 0. The average Bonchev–Trinajstić information content (AvgIpc) is 3.01. The lowest BCUT2D eigenvalue weighted by molar-refractivity contribution is -0.137. The van der Waals surface area contributed by atoms with E-state index in [1.807, 2.05) is 18.2 Å². The van der Waals surface area contributed by atoms with Crippen molar-refractivity contribution in [1.82, 2.24) is 9.88 Å². The van der Waals surface area contributed by atoms with Crippen molar-refractivity contribution in [3.63, 3.8) is 0 Å². The number of amides is 1. The highest BCUT2D eigenvalue weighted by Crippen LogP contribution is 2.32. The van der Waals surface area contributed by atoms with E-state index in [0.717, 1.165) is 31.7 Å².